The van der Waals surface area contributed by atoms with Crippen LogP contribution in [-0.2, 0) is 0 Å². The monoisotopic (exact) mass is 307 g/mol. The first kappa shape index (κ1) is 16.9. The molecule has 0 aliphatic heterocycles. The number of hydrogen-bond donors (Lipinski definition) is 2. The summed E-state index contributed by atoms with van der Waals surface area (Å²) in [4.78, 5) is 13.4. The van der Waals surface area contributed by atoms with Gasteiger partial charge in [0.15, 0.2) is 5.78 Å². The molecule has 1 fully saturated rings. The van der Waals surface area contributed by atoms with E-state index in [1.54, 1.807) is 24.3 Å². The zero-order valence-electron chi connectivity index (χ0n) is 13.1. The van der Waals surface area contributed by atoms with Crippen LogP contribution in [-0.4, -0.2) is 59.8 Å². The fraction of sp³-hybridized carbons (Fsp3) is 0.588. The van der Waals surface area contributed by atoms with E-state index >= 15 is 0 Å². The molecular weight excluding hydrogens is 282 g/mol. The van der Waals surface area contributed by atoms with Gasteiger partial charge in [0.25, 0.3) is 0 Å². The average molecular weight is 307 g/mol. The van der Waals surface area contributed by atoms with Gasteiger partial charge in [-0.1, -0.05) is 12.1 Å². The summed E-state index contributed by atoms with van der Waals surface area (Å²) in [5.74, 6) is 1.29. The molecule has 5 heteroatoms. The predicted octanol–water partition coefficient (Wildman–Crippen LogP) is 1.33. The lowest BCUT2D eigenvalue weighted by Gasteiger charge is -2.24. The van der Waals surface area contributed by atoms with Crippen LogP contribution in [0, 0.1) is 5.92 Å². The maximum atomic E-state index is 11.3. The number of Topliss-reactive ketones (excluding diaryl/α,β-unsaturated/α-hetero) is 1. The van der Waals surface area contributed by atoms with Gasteiger partial charge in [0.1, 0.15) is 18.5 Å². The van der Waals surface area contributed by atoms with Crippen molar-refractivity contribution >= 4 is 5.78 Å². The van der Waals surface area contributed by atoms with E-state index in [-0.39, 0.29) is 19.0 Å². The topological polar surface area (TPSA) is 70.0 Å². The Hall–Kier alpha value is -1.43. The standard InChI is InChI=1S/C17H25NO4/c1-13(20)15-3-2-4-17(9-15)22-12-16(21)11-18(7-8-19)10-14-5-6-14/h2-4,9,14,16,19,21H,5-8,10-12H2,1H3. The van der Waals surface area contributed by atoms with Crippen LogP contribution < -0.4 is 4.74 Å². The summed E-state index contributed by atoms with van der Waals surface area (Å²) in [5, 5.41) is 19.2. The first-order chi connectivity index (χ1) is 10.6. The van der Waals surface area contributed by atoms with E-state index in [4.69, 9.17) is 9.84 Å². The third-order valence-electron chi connectivity index (χ3n) is 3.78. The van der Waals surface area contributed by atoms with Crippen LogP contribution in [0.3, 0.4) is 0 Å². The Morgan fingerprint density at radius 2 is 2.23 bits per heavy atom. The molecule has 1 atom stereocenters. The van der Waals surface area contributed by atoms with Crippen LogP contribution in [0.5, 0.6) is 5.75 Å². The Morgan fingerprint density at radius 1 is 1.45 bits per heavy atom. The number of hydrogen-bond acceptors (Lipinski definition) is 5. The molecule has 0 radical (unpaired) electrons. The molecule has 2 rings (SSSR count). The summed E-state index contributed by atoms with van der Waals surface area (Å²) in [6.07, 6.45) is 1.87. The van der Waals surface area contributed by atoms with Crippen molar-refractivity contribution in [3.8, 4) is 5.75 Å². The van der Waals surface area contributed by atoms with Gasteiger partial charge in [-0.3, -0.25) is 9.69 Å². The zero-order valence-corrected chi connectivity index (χ0v) is 13.1. The second-order valence-corrected chi connectivity index (χ2v) is 5.98. The molecule has 1 aliphatic rings. The Balaban J connectivity index is 1.79. The van der Waals surface area contributed by atoms with Gasteiger partial charge in [-0.2, -0.15) is 0 Å². The van der Waals surface area contributed by atoms with Crippen molar-refractivity contribution in [2.24, 2.45) is 5.92 Å². The van der Waals surface area contributed by atoms with Crippen molar-refractivity contribution in [3.63, 3.8) is 0 Å². The van der Waals surface area contributed by atoms with Gasteiger partial charge in [-0.05, 0) is 37.8 Å². The Morgan fingerprint density at radius 3 is 2.86 bits per heavy atom. The molecule has 5 nitrogen and oxygen atoms in total. The second kappa shape index (κ2) is 8.27. The molecule has 1 aliphatic carbocycles. The van der Waals surface area contributed by atoms with Crippen molar-refractivity contribution in [1.29, 1.82) is 0 Å². The summed E-state index contributed by atoms with van der Waals surface area (Å²) in [5.41, 5.74) is 0.600. The summed E-state index contributed by atoms with van der Waals surface area (Å²) < 4.78 is 5.57. The predicted molar refractivity (Wildman–Crippen MR) is 84.2 cm³/mol. The van der Waals surface area contributed by atoms with Crippen molar-refractivity contribution in [2.75, 3.05) is 32.8 Å². The number of ketones is 1. The number of aliphatic hydroxyl groups is 2. The molecule has 1 aromatic carbocycles. The number of carbonyl (C=O) groups is 1. The minimum Gasteiger partial charge on any atom is -0.491 e. The summed E-state index contributed by atoms with van der Waals surface area (Å²) >= 11 is 0. The van der Waals surface area contributed by atoms with Crippen molar-refractivity contribution in [1.82, 2.24) is 4.90 Å². The molecule has 22 heavy (non-hydrogen) atoms. The van der Waals surface area contributed by atoms with E-state index < -0.39 is 6.10 Å². The molecule has 2 N–H and O–H groups in total. The maximum absolute atomic E-state index is 11.3. The van der Waals surface area contributed by atoms with Crippen LogP contribution in [0.25, 0.3) is 0 Å². The van der Waals surface area contributed by atoms with Crippen molar-refractivity contribution in [3.05, 3.63) is 29.8 Å². The fourth-order valence-corrected chi connectivity index (χ4v) is 2.41. The van der Waals surface area contributed by atoms with Crippen LogP contribution in [0.15, 0.2) is 24.3 Å². The average Bonchev–Trinajstić information content (AvgIpc) is 3.29. The Labute approximate surface area is 131 Å². The molecule has 0 saturated heterocycles. The van der Waals surface area contributed by atoms with Crippen LogP contribution in [0.1, 0.15) is 30.1 Å². The highest BCUT2D eigenvalue weighted by Crippen LogP contribution is 2.29. The van der Waals surface area contributed by atoms with E-state index in [0.717, 1.165) is 6.54 Å². The summed E-state index contributed by atoms with van der Waals surface area (Å²) in [6, 6.07) is 6.97. The second-order valence-electron chi connectivity index (χ2n) is 5.98. The van der Waals surface area contributed by atoms with Gasteiger partial charge >= 0.3 is 0 Å². The van der Waals surface area contributed by atoms with E-state index in [1.165, 1.54) is 19.8 Å². The first-order valence-corrected chi connectivity index (χ1v) is 7.83. The largest absolute Gasteiger partial charge is 0.491 e. The maximum Gasteiger partial charge on any atom is 0.159 e. The highest BCUT2D eigenvalue weighted by molar-refractivity contribution is 5.94. The highest BCUT2D eigenvalue weighted by atomic mass is 16.5. The number of rotatable bonds is 10. The molecule has 1 aromatic rings. The van der Waals surface area contributed by atoms with Gasteiger partial charge in [-0.15, -0.1) is 0 Å². The first-order valence-electron chi connectivity index (χ1n) is 7.83. The van der Waals surface area contributed by atoms with Gasteiger partial charge < -0.3 is 14.9 Å². The number of carbonyl (C=O) groups excluding carboxylic acids is 1. The fourth-order valence-electron chi connectivity index (χ4n) is 2.41. The molecule has 0 bridgehead atoms. The summed E-state index contributed by atoms with van der Waals surface area (Å²) in [6.45, 7) is 3.78. The zero-order chi connectivity index (χ0) is 15.9. The number of aliphatic hydroxyl groups excluding tert-OH is 2. The Bertz CT molecular complexity index is 487. The third kappa shape index (κ3) is 5.75. The molecular formula is C17H25NO4. The van der Waals surface area contributed by atoms with Gasteiger partial charge in [0.2, 0.25) is 0 Å². The van der Waals surface area contributed by atoms with Crippen LogP contribution >= 0.6 is 0 Å². The lowest BCUT2D eigenvalue weighted by molar-refractivity contribution is 0.0601. The lowest BCUT2D eigenvalue weighted by atomic mass is 10.1. The van der Waals surface area contributed by atoms with E-state index in [1.807, 2.05) is 0 Å². The van der Waals surface area contributed by atoms with E-state index in [9.17, 15) is 9.90 Å². The van der Waals surface area contributed by atoms with Crippen LogP contribution in [0.2, 0.25) is 0 Å². The summed E-state index contributed by atoms with van der Waals surface area (Å²) in [7, 11) is 0. The number of ether oxygens (including phenoxy) is 1. The number of nitrogens with zero attached hydrogens (tertiary/aromatic N) is 1. The SMILES string of the molecule is CC(=O)c1cccc(OCC(O)CN(CCO)CC2CC2)c1. The molecule has 0 amide bonds. The lowest BCUT2D eigenvalue weighted by Crippen LogP contribution is -2.38. The molecule has 0 aromatic heterocycles. The van der Waals surface area contributed by atoms with E-state index in [0.29, 0.717) is 30.3 Å². The van der Waals surface area contributed by atoms with Crippen molar-refractivity contribution in [2.45, 2.75) is 25.9 Å². The Kier molecular flexibility index (Phi) is 6.36. The number of benzene rings is 1. The van der Waals surface area contributed by atoms with Gasteiger partial charge in [0.05, 0.1) is 6.61 Å². The molecule has 1 unspecified atom stereocenters. The van der Waals surface area contributed by atoms with Gasteiger partial charge in [-0.25, -0.2) is 0 Å². The normalized spacial score (nSPS) is 15.8. The quantitative estimate of drug-likeness (QED) is 0.638. The molecule has 0 spiro atoms. The molecule has 0 heterocycles. The highest BCUT2D eigenvalue weighted by Gasteiger charge is 2.25. The van der Waals surface area contributed by atoms with Crippen molar-refractivity contribution < 1.29 is 19.7 Å². The molecule has 1 saturated carbocycles. The van der Waals surface area contributed by atoms with Crippen LogP contribution in [0.4, 0.5) is 0 Å². The third-order valence-corrected chi connectivity index (χ3v) is 3.78. The van der Waals surface area contributed by atoms with Gasteiger partial charge in [0, 0.05) is 25.2 Å². The molecule has 122 valence electrons. The smallest absolute Gasteiger partial charge is 0.159 e. The minimum atomic E-state index is -0.619. The van der Waals surface area contributed by atoms with E-state index in [2.05, 4.69) is 4.90 Å². The minimum absolute atomic E-state index is 0.00967.